The standard InChI is InChI=1S/C40H58N2O7Si2/c1-38(2,3)34-33(36(44)42-25-28(43)23-27(42)26-47-50(11,12)39(4,5)6)31(48-37(41)45)24-32(35(34)46-10)49-51(40(7,8)9,29-19-15-13-16-20-29)30-21-17-14-18-22-30/h13-22,24,27-28,43H,23,25-26H2,1-12H3,(H2,41,45)/t27-,28+/m0/s1. The Bertz CT molecular complexity index is 1650. The molecule has 1 aliphatic rings. The Balaban J connectivity index is 1.98. The summed E-state index contributed by atoms with van der Waals surface area (Å²) in [4.78, 5) is 29.1. The maximum atomic E-state index is 14.9. The van der Waals surface area contributed by atoms with Crippen LogP contribution < -0.4 is 30.0 Å². The summed E-state index contributed by atoms with van der Waals surface area (Å²) in [5, 5.41) is 12.5. The number of likely N-dealkylation sites (tertiary alicyclic amines) is 1. The zero-order valence-corrected chi connectivity index (χ0v) is 34.5. The molecule has 0 aromatic heterocycles. The van der Waals surface area contributed by atoms with Gasteiger partial charge in [0.15, 0.2) is 19.8 Å². The summed E-state index contributed by atoms with van der Waals surface area (Å²) in [6, 6.07) is 21.5. The van der Waals surface area contributed by atoms with Crippen LogP contribution in [0.15, 0.2) is 66.7 Å². The van der Waals surface area contributed by atoms with Gasteiger partial charge in [0, 0.05) is 18.2 Å². The molecule has 2 amide bonds. The quantitative estimate of drug-likeness (QED) is 0.216. The highest BCUT2D eigenvalue weighted by Gasteiger charge is 2.53. The average Bonchev–Trinajstić information content (AvgIpc) is 3.41. The van der Waals surface area contributed by atoms with E-state index in [1.54, 1.807) is 18.1 Å². The second-order valence-corrected chi connectivity index (χ2v) is 26.2. The van der Waals surface area contributed by atoms with Gasteiger partial charge in [0.05, 0.1) is 31.4 Å². The Morgan fingerprint density at radius 1 is 0.863 bits per heavy atom. The fraction of sp³-hybridized carbons (Fsp3) is 0.500. The van der Waals surface area contributed by atoms with Crippen molar-refractivity contribution in [2.24, 2.45) is 5.73 Å². The number of aliphatic hydroxyl groups excluding tert-OH is 1. The number of amides is 2. The number of carbonyl (C=O) groups is 2. The molecule has 0 saturated carbocycles. The normalized spacial score (nSPS) is 17.3. The number of methoxy groups -OCH3 is 1. The molecule has 1 fully saturated rings. The molecule has 9 nitrogen and oxygen atoms in total. The van der Waals surface area contributed by atoms with Gasteiger partial charge >= 0.3 is 14.4 Å². The minimum Gasteiger partial charge on any atom is -0.531 e. The lowest BCUT2D eigenvalue weighted by atomic mass is 9.81. The highest BCUT2D eigenvalue weighted by molar-refractivity contribution is 7.00. The summed E-state index contributed by atoms with van der Waals surface area (Å²) < 4.78 is 25.9. The number of hydrogen-bond acceptors (Lipinski definition) is 7. The van der Waals surface area contributed by atoms with E-state index in [0.29, 0.717) is 23.5 Å². The minimum absolute atomic E-state index is 0.0309. The molecule has 51 heavy (non-hydrogen) atoms. The summed E-state index contributed by atoms with van der Waals surface area (Å²) in [7, 11) is -3.82. The van der Waals surface area contributed by atoms with E-state index in [4.69, 9.17) is 24.1 Å². The SMILES string of the molecule is COc1c(O[Si](c2ccccc2)(c2ccccc2)C(C)(C)C)cc(OC(N)=O)c(C(=O)N2C[C@H](O)C[C@H]2CO[Si](C)(C)C(C)(C)C)c1C(C)(C)C. The van der Waals surface area contributed by atoms with Crippen LogP contribution in [0, 0.1) is 0 Å². The second-order valence-electron chi connectivity index (χ2n) is 17.2. The predicted octanol–water partition coefficient (Wildman–Crippen LogP) is 6.99. The van der Waals surface area contributed by atoms with Gasteiger partial charge < -0.3 is 34.1 Å². The molecular weight excluding hydrogens is 677 g/mol. The summed E-state index contributed by atoms with van der Waals surface area (Å²) >= 11 is 0. The van der Waals surface area contributed by atoms with Crippen LogP contribution in [-0.2, 0) is 9.84 Å². The Labute approximate surface area is 306 Å². The van der Waals surface area contributed by atoms with Crippen molar-refractivity contribution in [3.05, 3.63) is 77.9 Å². The van der Waals surface area contributed by atoms with E-state index in [2.05, 4.69) is 78.9 Å². The van der Waals surface area contributed by atoms with E-state index >= 15 is 0 Å². The van der Waals surface area contributed by atoms with Gasteiger partial charge in [0.1, 0.15) is 5.75 Å². The van der Waals surface area contributed by atoms with Crippen LogP contribution >= 0.6 is 0 Å². The maximum Gasteiger partial charge on any atom is 0.409 e. The first-order chi connectivity index (χ1) is 23.5. The number of primary amides is 1. The van der Waals surface area contributed by atoms with E-state index in [0.717, 1.165) is 10.4 Å². The molecule has 3 N–H and O–H groups in total. The van der Waals surface area contributed by atoms with Crippen molar-refractivity contribution in [2.75, 3.05) is 20.3 Å². The summed E-state index contributed by atoms with van der Waals surface area (Å²) in [6.07, 6.45) is -1.44. The van der Waals surface area contributed by atoms with Gasteiger partial charge in [-0.2, -0.15) is 0 Å². The number of benzene rings is 3. The van der Waals surface area contributed by atoms with E-state index < -0.39 is 51.2 Å². The summed E-state index contributed by atoms with van der Waals surface area (Å²) in [6.45, 7) is 23.6. The van der Waals surface area contributed by atoms with Crippen molar-refractivity contribution >= 4 is 39.0 Å². The third kappa shape index (κ3) is 8.22. The molecule has 3 aromatic rings. The topological polar surface area (TPSA) is 121 Å². The van der Waals surface area contributed by atoms with Crippen LogP contribution in [0.4, 0.5) is 4.79 Å². The van der Waals surface area contributed by atoms with Crippen LogP contribution in [0.1, 0.15) is 84.7 Å². The predicted molar refractivity (Wildman–Crippen MR) is 209 cm³/mol. The second kappa shape index (κ2) is 14.8. The number of nitrogens with two attached hydrogens (primary N) is 1. The summed E-state index contributed by atoms with van der Waals surface area (Å²) in [5.41, 5.74) is 5.63. The van der Waals surface area contributed by atoms with Crippen molar-refractivity contribution in [1.29, 1.82) is 0 Å². The van der Waals surface area contributed by atoms with Crippen molar-refractivity contribution in [2.45, 2.75) is 109 Å². The Morgan fingerprint density at radius 3 is 1.82 bits per heavy atom. The van der Waals surface area contributed by atoms with Gasteiger partial charge in [-0.25, -0.2) is 4.79 Å². The third-order valence-electron chi connectivity index (χ3n) is 10.4. The van der Waals surface area contributed by atoms with Gasteiger partial charge in [-0.3, -0.25) is 4.79 Å². The van der Waals surface area contributed by atoms with E-state index in [1.165, 1.54) is 0 Å². The Morgan fingerprint density at radius 2 is 1.39 bits per heavy atom. The van der Waals surface area contributed by atoms with E-state index in [9.17, 15) is 14.7 Å². The van der Waals surface area contributed by atoms with Crippen LogP contribution in [0.5, 0.6) is 17.2 Å². The lowest BCUT2D eigenvalue weighted by Gasteiger charge is -2.43. The van der Waals surface area contributed by atoms with Crippen LogP contribution in [0.2, 0.25) is 23.2 Å². The largest absolute Gasteiger partial charge is 0.531 e. The van der Waals surface area contributed by atoms with E-state index in [1.807, 2.05) is 57.2 Å². The molecule has 0 bridgehead atoms. The smallest absolute Gasteiger partial charge is 0.409 e. The highest BCUT2D eigenvalue weighted by Crippen LogP contribution is 2.49. The molecule has 1 saturated heterocycles. The third-order valence-corrected chi connectivity index (χ3v) is 19.8. The number of β-amino-alcohol motifs (C(OH)–C–C–N with tert-alkyl or cyclic N) is 1. The minimum atomic E-state index is -3.21. The molecule has 0 aliphatic carbocycles. The summed E-state index contributed by atoms with van der Waals surface area (Å²) in [5.74, 6) is 0.261. The van der Waals surface area contributed by atoms with Crippen LogP contribution in [0.3, 0.4) is 0 Å². The van der Waals surface area contributed by atoms with Crippen molar-refractivity contribution < 1.29 is 33.0 Å². The molecule has 4 rings (SSSR count). The first kappa shape index (κ1) is 40.1. The number of carbonyl (C=O) groups excluding carboxylic acids is 2. The Hall–Kier alpha value is -3.65. The Kier molecular flexibility index (Phi) is 11.6. The fourth-order valence-electron chi connectivity index (χ4n) is 6.79. The lowest BCUT2D eigenvalue weighted by molar-refractivity contribution is 0.0664. The first-order valence-corrected chi connectivity index (χ1v) is 22.5. The molecule has 0 radical (unpaired) electrons. The molecule has 278 valence electrons. The number of aliphatic hydroxyl groups is 1. The molecule has 0 unspecified atom stereocenters. The van der Waals surface area contributed by atoms with E-state index in [-0.39, 0.29) is 29.5 Å². The molecule has 3 aromatic carbocycles. The van der Waals surface area contributed by atoms with Gasteiger partial charge in [0.2, 0.25) is 0 Å². The average molecular weight is 735 g/mol. The number of ether oxygens (including phenoxy) is 2. The number of rotatable bonds is 10. The van der Waals surface area contributed by atoms with Gasteiger partial charge in [0.25, 0.3) is 5.91 Å². The lowest BCUT2D eigenvalue weighted by Crippen LogP contribution is -2.68. The molecule has 1 aliphatic heterocycles. The number of nitrogens with zero attached hydrogens (tertiary/aromatic N) is 1. The van der Waals surface area contributed by atoms with Crippen molar-refractivity contribution in [1.82, 2.24) is 4.90 Å². The van der Waals surface area contributed by atoms with Gasteiger partial charge in [-0.05, 0) is 45.4 Å². The fourth-order valence-corrected chi connectivity index (χ4v) is 12.2. The first-order valence-electron chi connectivity index (χ1n) is 17.7. The molecular formula is C40H58N2O7Si2. The van der Waals surface area contributed by atoms with Crippen LogP contribution in [-0.4, -0.2) is 71.0 Å². The van der Waals surface area contributed by atoms with Crippen LogP contribution in [0.25, 0.3) is 0 Å². The monoisotopic (exact) mass is 734 g/mol. The highest BCUT2D eigenvalue weighted by atomic mass is 28.4. The molecule has 2 atom stereocenters. The molecule has 11 heteroatoms. The maximum absolute atomic E-state index is 14.9. The molecule has 0 spiro atoms. The van der Waals surface area contributed by atoms with Gasteiger partial charge in [-0.1, -0.05) is 123 Å². The zero-order valence-electron chi connectivity index (χ0n) is 32.5. The van der Waals surface area contributed by atoms with Crippen molar-refractivity contribution in [3.63, 3.8) is 0 Å². The zero-order chi connectivity index (χ0) is 38.2. The van der Waals surface area contributed by atoms with Gasteiger partial charge in [-0.15, -0.1) is 0 Å². The number of hydrogen-bond donors (Lipinski definition) is 2. The molecule has 1 heterocycles. The van der Waals surface area contributed by atoms with Crippen molar-refractivity contribution in [3.8, 4) is 17.2 Å².